The quantitative estimate of drug-likeness (QED) is 0.674. The van der Waals surface area contributed by atoms with E-state index >= 15 is 0 Å². The third-order valence-electron chi connectivity index (χ3n) is 2.74. The van der Waals surface area contributed by atoms with Gasteiger partial charge in [0, 0.05) is 15.6 Å². The number of hydrogen-bond donors (Lipinski definition) is 1. The second-order valence-corrected chi connectivity index (χ2v) is 5.18. The van der Waals surface area contributed by atoms with E-state index in [0.29, 0.717) is 11.1 Å². The Morgan fingerprint density at radius 2 is 1.84 bits per heavy atom. The fourth-order valence-corrected chi connectivity index (χ4v) is 2.02. The van der Waals surface area contributed by atoms with Gasteiger partial charge in [0.1, 0.15) is 5.75 Å². The smallest absolute Gasteiger partial charge is 0.185 e. The van der Waals surface area contributed by atoms with Gasteiger partial charge in [-0.1, -0.05) is 45.8 Å². The van der Waals surface area contributed by atoms with Gasteiger partial charge in [0.25, 0.3) is 0 Å². The summed E-state index contributed by atoms with van der Waals surface area (Å²) in [5.41, 5.74) is 2.36. The van der Waals surface area contributed by atoms with Crippen molar-refractivity contribution >= 4 is 27.8 Å². The lowest BCUT2D eigenvalue weighted by molar-refractivity contribution is 0.104. The average molecular weight is 317 g/mol. The van der Waals surface area contributed by atoms with E-state index in [-0.39, 0.29) is 11.5 Å². The van der Waals surface area contributed by atoms with Gasteiger partial charge < -0.3 is 5.11 Å². The first kappa shape index (κ1) is 13.6. The molecule has 0 aliphatic carbocycles. The van der Waals surface area contributed by atoms with Crippen LogP contribution in [0, 0.1) is 6.92 Å². The number of halogens is 1. The molecule has 3 heteroatoms. The van der Waals surface area contributed by atoms with E-state index in [2.05, 4.69) is 15.9 Å². The van der Waals surface area contributed by atoms with E-state index in [4.69, 9.17) is 0 Å². The Hall–Kier alpha value is -1.87. The molecule has 0 saturated carbocycles. The number of ketones is 1. The number of phenolic OH excluding ortho intramolecular Hbond substituents is 1. The molecular formula is C16H13BrO2. The number of phenols is 1. The zero-order valence-electron chi connectivity index (χ0n) is 10.4. The van der Waals surface area contributed by atoms with Crippen molar-refractivity contribution in [3.63, 3.8) is 0 Å². The van der Waals surface area contributed by atoms with Crippen molar-refractivity contribution in [1.29, 1.82) is 0 Å². The van der Waals surface area contributed by atoms with E-state index < -0.39 is 0 Å². The van der Waals surface area contributed by atoms with Gasteiger partial charge in [-0.15, -0.1) is 0 Å². The van der Waals surface area contributed by atoms with E-state index in [1.165, 1.54) is 6.08 Å². The highest BCUT2D eigenvalue weighted by Crippen LogP contribution is 2.23. The number of carbonyl (C=O) groups excluding carboxylic acids is 1. The molecule has 0 aliphatic heterocycles. The average Bonchev–Trinajstić information content (AvgIpc) is 2.40. The lowest BCUT2D eigenvalue weighted by Gasteiger charge is -2.00. The normalized spacial score (nSPS) is 10.8. The number of benzene rings is 2. The van der Waals surface area contributed by atoms with Crippen molar-refractivity contribution < 1.29 is 9.90 Å². The second-order valence-electron chi connectivity index (χ2n) is 4.27. The van der Waals surface area contributed by atoms with Gasteiger partial charge in [0.2, 0.25) is 0 Å². The molecule has 0 aliphatic rings. The van der Waals surface area contributed by atoms with Gasteiger partial charge in [-0.05, 0) is 37.3 Å². The second kappa shape index (κ2) is 5.85. The van der Waals surface area contributed by atoms with Gasteiger partial charge in [-0.25, -0.2) is 0 Å². The molecule has 0 bridgehead atoms. The molecule has 19 heavy (non-hydrogen) atoms. The molecule has 2 aromatic rings. The predicted octanol–water partition coefficient (Wildman–Crippen LogP) is 4.36. The molecule has 2 aromatic carbocycles. The molecule has 2 nitrogen and oxygen atoms in total. The first-order chi connectivity index (χ1) is 9.06. The maximum Gasteiger partial charge on any atom is 0.185 e. The summed E-state index contributed by atoms with van der Waals surface area (Å²) >= 11 is 3.33. The van der Waals surface area contributed by atoms with Crippen molar-refractivity contribution in [3.05, 3.63) is 69.7 Å². The van der Waals surface area contributed by atoms with E-state index in [1.807, 2.05) is 19.1 Å². The zero-order valence-corrected chi connectivity index (χ0v) is 12.0. The molecule has 2 rings (SSSR count). The largest absolute Gasteiger partial charge is 0.507 e. The summed E-state index contributed by atoms with van der Waals surface area (Å²) in [5.74, 6) is 0.0653. The molecule has 0 heterocycles. The predicted molar refractivity (Wildman–Crippen MR) is 80.4 cm³/mol. The highest BCUT2D eigenvalue weighted by Gasteiger charge is 2.02. The van der Waals surface area contributed by atoms with Crippen LogP contribution in [0.2, 0.25) is 0 Å². The van der Waals surface area contributed by atoms with E-state index in [1.54, 1.807) is 36.4 Å². The Morgan fingerprint density at radius 1 is 1.16 bits per heavy atom. The van der Waals surface area contributed by atoms with E-state index in [0.717, 1.165) is 10.0 Å². The first-order valence-corrected chi connectivity index (χ1v) is 6.63. The Morgan fingerprint density at radius 3 is 2.53 bits per heavy atom. The van der Waals surface area contributed by atoms with Crippen molar-refractivity contribution in [1.82, 2.24) is 0 Å². The number of carbonyl (C=O) groups is 1. The summed E-state index contributed by atoms with van der Waals surface area (Å²) in [4.78, 5) is 11.9. The molecule has 0 fully saturated rings. The van der Waals surface area contributed by atoms with Gasteiger partial charge >= 0.3 is 0 Å². The van der Waals surface area contributed by atoms with Crippen LogP contribution in [0.1, 0.15) is 21.5 Å². The maximum absolute atomic E-state index is 11.9. The van der Waals surface area contributed by atoms with Crippen LogP contribution in [0.4, 0.5) is 0 Å². The first-order valence-electron chi connectivity index (χ1n) is 5.84. The highest BCUT2D eigenvalue weighted by molar-refractivity contribution is 9.10. The van der Waals surface area contributed by atoms with Crippen LogP contribution in [-0.4, -0.2) is 10.9 Å². The third-order valence-corrected chi connectivity index (χ3v) is 3.23. The molecule has 0 amide bonds. The van der Waals surface area contributed by atoms with Crippen LogP contribution in [0.25, 0.3) is 6.08 Å². The van der Waals surface area contributed by atoms with Gasteiger partial charge in [0.05, 0.1) is 0 Å². The van der Waals surface area contributed by atoms with Crippen molar-refractivity contribution in [2.75, 3.05) is 0 Å². The molecule has 96 valence electrons. The SMILES string of the molecule is Cc1ccc(C(=O)C=Cc2cc(Br)ccc2O)cc1. The van der Waals surface area contributed by atoms with Crippen LogP contribution in [0.3, 0.4) is 0 Å². The molecule has 0 spiro atoms. The van der Waals surface area contributed by atoms with Crippen LogP contribution in [0.15, 0.2) is 53.0 Å². The standard InChI is InChI=1S/C16H13BrO2/c1-11-2-4-12(5-3-11)15(18)8-6-13-10-14(17)7-9-16(13)19/h2-10,19H,1H3. The summed E-state index contributed by atoms with van der Waals surface area (Å²) in [5, 5.41) is 9.67. The number of aromatic hydroxyl groups is 1. The third kappa shape index (κ3) is 3.55. The highest BCUT2D eigenvalue weighted by atomic mass is 79.9. The fourth-order valence-electron chi connectivity index (χ4n) is 1.64. The summed E-state index contributed by atoms with van der Waals surface area (Å²) in [6.07, 6.45) is 3.08. The van der Waals surface area contributed by atoms with Crippen LogP contribution >= 0.6 is 15.9 Å². The molecule has 0 saturated heterocycles. The maximum atomic E-state index is 11.9. The number of rotatable bonds is 3. The molecule has 0 atom stereocenters. The Bertz CT molecular complexity index is 628. The lowest BCUT2D eigenvalue weighted by Crippen LogP contribution is -1.93. The van der Waals surface area contributed by atoms with Crippen LogP contribution < -0.4 is 0 Å². The topological polar surface area (TPSA) is 37.3 Å². The minimum absolute atomic E-state index is 0.0839. The minimum atomic E-state index is -0.0839. The lowest BCUT2D eigenvalue weighted by atomic mass is 10.1. The molecule has 0 radical (unpaired) electrons. The fraction of sp³-hybridized carbons (Fsp3) is 0.0625. The van der Waals surface area contributed by atoms with Crippen LogP contribution in [0.5, 0.6) is 5.75 Å². The summed E-state index contributed by atoms with van der Waals surface area (Å²) < 4.78 is 0.854. The summed E-state index contributed by atoms with van der Waals surface area (Å²) in [7, 11) is 0. The Labute approximate surface area is 120 Å². The van der Waals surface area contributed by atoms with Gasteiger partial charge in [0.15, 0.2) is 5.78 Å². The molecule has 0 aromatic heterocycles. The number of hydrogen-bond acceptors (Lipinski definition) is 2. The van der Waals surface area contributed by atoms with Crippen molar-refractivity contribution in [2.24, 2.45) is 0 Å². The van der Waals surface area contributed by atoms with Gasteiger partial charge in [-0.3, -0.25) is 4.79 Å². The monoisotopic (exact) mass is 316 g/mol. The number of aryl methyl sites for hydroxylation is 1. The molecule has 1 N–H and O–H groups in total. The van der Waals surface area contributed by atoms with E-state index in [9.17, 15) is 9.90 Å². The van der Waals surface area contributed by atoms with Crippen molar-refractivity contribution in [2.45, 2.75) is 6.92 Å². The summed E-state index contributed by atoms with van der Waals surface area (Å²) in [6.45, 7) is 1.98. The molecular weight excluding hydrogens is 304 g/mol. The minimum Gasteiger partial charge on any atom is -0.507 e. The Kier molecular flexibility index (Phi) is 4.17. The molecule has 0 unspecified atom stereocenters. The summed E-state index contributed by atoms with van der Waals surface area (Å²) in [6, 6.07) is 12.5. The Balaban J connectivity index is 2.20. The van der Waals surface area contributed by atoms with Crippen LogP contribution in [-0.2, 0) is 0 Å². The zero-order chi connectivity index (χ0) is 13.8. The van der Waals surface area contributed by atoms with Gasteiger partial charge in [-0.2, -0.15) is 0 Å². The number of allylic oxidation sites excluding steroid dienone is 1. The van der Waals surface area contributed by atoms with Crippen molar-refractivity contribution in [3.8, 4) is 5.75 Å².